The zero-order valence-electron chi connectivity index (χ0n) is 11.8. The number of nitrogens with two attached hydrogens (primary N) is 1. The molecule has 2 rings (SSSR count). The van der Waals surface area contributed by atoms with E-state index in [1.165, 1.54) is 12.1 Å². The third-order valence-corrected chi connectivity index (χ3v) is 4.73. The van der Waals surface area contributed by atoms with Crippen molar-refractivity contribution in [3.8, 4) is 0 Å². The maximum Gasteiger partial charge on any atom is 0.241 e. The second-order valence-corrected chi connectivity index (χ2v) is 6.64. The van der Waals surface area contributed by atoms with Crippen molar-refractivity contribution < 1.29 is 12.8 Å². The fraction of sp³-hybridized carbons (Fsp3) is 0.200. The quantitative estimate of drug-likeness (QED) is 0.853. The first-order chi connectivity index (χ1) is 9.79. The lowest BCUT2D eigenvalue weighted by atomic mass is 10.1. The van der Waals surface area contributed by atoms with Crippen LogP contribution < -0.4 is 10.5 Å². The highest BCUT2D eigenvalue weighted by atomic mass is 32.2. The highest BCUT2D eigenvalue weighted by Crippen LogP contribution is 2.20. The summed E-state index contributed by atoms with van der Waals surface area (Å²) in [6, 6.07) is 10.3. The smallest absolute Gasteiger partial charge is 0.241 e. The molecule has 0 fully saturated rings. The van der Waals surface area contributed by atoms with Crippen LogP contribution >= 0.6 is 0 Å². The monoisotopic (exact) mass is 308 g/mol. The molecule has 1 atom stereocenters. The van der Waals surface area contributed by atoms with Crippen LogP contribution in [0.1, 0.15) is 24.1 Å². The molecule has 2 aromatic carbocycles. The van der Waals surface area contributed by atoms with E-state index >= 15 is 0 Å². The van der Waals surface area contributed by atoms with Crippen molar-refractivity contribution in [2.24, 2.45) is 0 Å². The van der Waals surface area contributed by atoms with Gasteiger partial charge in [0.25, 0.3) is 0 Å². The molecule has 4 nitrogen and oxygen atoms in total. The van der Waals surface area contributed by atoms with E-state index in [0.29, 0.717) is 11.3 Å². The highest BCUT2D eigenvalue weighted by Gasteiger charge is 2.19. The SMILES string of the molecule is Cc1ccc(S(=O)(=O)NC(C)c2cccc(N)c2)cc1F. The minimum absolute atomic E-state index is 0.0960. The van der Waals surface area contributed by atoms with Gasteiger partial charge < -0.3 is 5.73 Å². The van der Waals surface area contributed by atoms with Gasteiger partial charge >= 0.3 is 0 Å². The summed E-state index contributed by atoms with van der Waals surface area (Å²) < 4.78 is 40.5. The molecule has 0 bridgehead atoms. The van der Waals surface area contributed by atoms with Crippen LogP contribution in [0.5, 0.6) is 0 Å². The summed E-state index contributed by atoms with van der Waals surface area (Å²) in [5.41, 5.74) is 7.38. The molecule has 0 saturated carbocycles. The Morgan fingerprint density at radius 2 is 1.90 bits per heavy atom. The Labute approximate surface area is 123 Å². The van der Waals surface area contributed by atoms with E-state index in [-0.39, 0.29) is 4.90 Å². The number of anilines is 1. The fourth-order valence-electron chi connectivity index (χ4n) is 1.94. The van der Waals surface area contributed by atoms with Crippen LogP contribution in [-0.4, -0.2) is 8.42 Å². The van der Waals surface area contributed by atoms with E-state index in [1.54, 1.807) is 38.1 Å². The number of hydrogen-bond acceptors (Lipinski definition) is 3. The molecule has 21 heavy (non-hydrogen) atoms. The second-order valence-electron chi connectivity index (χ2n) is 4.92. The average Bonchev–Trinajstić information content (AvgIpc) is 2.41. The molecule has 6 heteroatoms. The minimum atomic E-state index is -3.79. The summed E-state index contributed by atoms with van der Waals surface area (Å²) in [5, 5.41) is 0. The molecule has 112 valence electrons. The number of aryl methyl sites for hydroxylation is 1. The lowest BCUT2D eigenvalue weighted by Crippen LogP contribution is -2.27. The minimum Gasteiger partial charge on any atom is -0.399 e. The van der Waals surface area contributed by atoms with Gasteiger partial charge in [0.1, 0.15) is 5.82 Å². The van der Waals surface area contributed by atoms with Crippen molar-refractivity contribution in [2.45, 2.75) is 24.8 Å². The second kappa shape index (κ2) is 5.83. The van der Waals surface area contributed by atoms with Crippen molar-refractivity contribution in [2.75, 3.05) is 5.73 Å². The standard InChI is InChI=1S/C15H17FN2O2S/c1-10-6-7-14(9-15(10)16)21(19,20)18-11(2)12-4-3-5-13(17)8-12/h3-9,11,18H,17H2,1-2H3. The predicted molar refractivity (Wildman–Crippen MR) is 80.7 cm³/mol. The molecular formula is C15H17FN2O2S. The summed E-state index contributed by atoms with van der Waals surface area (Å²) >= 11 is 0. The maximum atomic E-state index is 13.5. The van der Waals surface area contributed by atoms with Crippen LogP contribution in [0.3, 0.4) is 0 Å². The molecule has 0 aliphatic rings. The van der Waals surface area contributed by atoms with E-state index in [0.717, 1.165) is 11.6 Å². The first-order valence-corrected chi connectivity index (χ1v) is 7.92. The summed E-state index contributed by atoms with van der Waals surface area (Å²) in [5.74, 6) is -0.547. The molecule has 1 unspecified atom stereocenters. The Bertz CT molecular complexity index is 760. The third kappa shape index (κ3) is 3.59. The van der Waals surface area contributed by atoms with Gasteiger partial charge in [0, 0.05) is 11.7 Å². The topological polar surface area (TPSA) is 72.2 Å². The predicted octanol–water partition coefficient (Wildman–Crippen LogP) is 2.76. The number of rotatable bonds is 4. The van der Waals surface area contributed by atoms with Gasteiger partial charge in [-0.3, -0.25) is 0 Å². The van der Waals surface area contributed by atoms with Crippen LogP contribution in [0, 0.1) is 12.7 Å². The molecule has 0 heterocycles. The molecule has 0 saturated heterocycles. The molecule has 0 amide bonds. The zero-order chi connectivity index (χ0) is 15.6. The number of hydrogen-bond donors (Lipinski definition) is 2. The summed E-state index contributed by atoms with van der Waals surface area (Å²) in [7, 11) is -3.79. The molecule has 2 aromatic rings. The molecule has 0 aliphatic heterocycles. The van der Waals surface area contributed by atoms with Gasteiger partial charge in [0.15, 0.2) is 0 Å². The Kier molecular flexibility index (Phi) is 4.29. The molecule has 0 aromatic heterocycles. The number of halogens is 1. The fourth-order valence-corrected chi connectivity index (χ4v) is 3.18. The lowest BCUT2D eigenvalue weighted by molar-refractivity contribution is 0.563. The van der Waals surface area contributed by atoms with E-state index in [2.05, 4.69) is 4.72 Å². The highest BCUT2D eigenvalue weighted by molar-refractivity contribution is 7.89. The van der Waals surface area contributed by atoms with Gasteiger partial charge in [-0.1, -0.05) is 18.2 Å². The first-order valence-electron chi connectivity index (χ1n) is 6.43. The Morgan fingerprint density at radius 3 is 2.52 bits per heavy atom. The zero-order valence-corrected chi connectivity index (χ0v) is 12.6. The van der Waals surface area contributed by atoms with Gasteiger partial charge in [-0.2, -0.15) is 0 Å². The Morgan fingerprint density at radius 1 is 1.19 bits per heavy atom. The van der Waals surface area contributed by atoms with Crippen molar-refractivity contribution in [1.29, 1.82) is 0 Å². The lowest BCUT2D eigenvalue weighted by Gasteiger charge is -2.15. The molecule has 0 spiro atoms. The largest absolute Gasteiger partial charge is 0.399 e. The summed E-state index contributed by atoms with van der Waals surface area (Å²) in [4.78, 5) is -0.0960. The normalized spacial score (nSPS) is 13.1. The van der Waals surface area contributed by atoms with Crippen molar-refractivity contribution in [3.05, 3.63) is 59.4 Å². The van der Waals surface area contributed by atoms with E-state index < -0.39 is 21.9 Å². The maximum absolute atomic E-state index is 13.5. The Balaban J connectivity index is 2.26. The number of nitrogen functional groups attached to an aromatic ring is 1. The van der Waals surface area contributed by atoms with Crippen LogP contribution in [0.15, 0.2) is 47.4 Å². The summed E-state index contributed by atoms with van der Waals surface area (Å²) in [6.07, 6.45) is 0. The van der Waals surface area contributed by atoms with Crippen LogP contribution in [-0.2, 0) is 10.0 Å². The van der Waals surface area contributed by atoms with Gasteiger partial charge in [-0.05, 0) is 49.2 Å². The first kappa shape index (κ1) is 15.5. The third-order valence-electron chi connectivity index (χ3n) is 3.20. The number of benzene rings is 2. The molecule has 0 radical (unpaired) electrons. The van der Waals surface area contributed by atoms with E-state index in [1.807, 2.05) is 0 Å². The van der Waals surface area contributed by atoms with Crippen LogP contribution in [0.25, 0.3) is 0 Å². The average molecular weight is 308 g/mol. The van der Waals surface area contributed by atoms with Crippen LogP contribution in [0.4, 0.5) is 10.1 Å². The summed E-state index contributed by atoms with van der Waals surface area (Å²) in [6.45, 7) is 3.28. The van der Waals surface area contributed by atoms with Crippen molar-refractivity contribution in [1.82, 2.24) is 4.72 Å². The van der Waals surface area contributed by atoms with E-state index in [9.17, 15) is 12.8 Å². The molecule has 3 N–H and O–H groups in total. The molecule has 0 aliphatic carbocycles. The van der Waals surface area contributed by atoms with Gasteiger partial charge in [-0.15, -0.1) is 0 Å². The number of sulfonamides is 1. The van der Waals surface area contributed by atoms with Crippen molar-refractivity contribution in [3.63, 3.8) is 0 Å². The van der Waals surface area contributed by atoms with Crippen LogP contribution in [0.2, 0.25) is 0 Å². The van der Waals surface area contributed by atoms with Gasteiger partial charge in [-0.25, -0.2) is 17.5 Å². The number of nitrogens with one attached hydrogen (secondary N) is 1. The van der Waals surface area contributed by atoms with Crippen molar-refractivity contribution >= 4 is 15.7 Å². The van der Waals surface area contributed by atoms with Gasteiger partial charge in [0.2, 0.25) is 10.0 Å². The molecular weight excluding hydrogens is 291 g/mol. The van der Waals surface area contributed by atoms with E-state index in [4.69, 9.17) is 5.73 Å². The Hall–Kier alpha value is -1.92. The van der Waals surface area contributed by atoms with Gasteiger partial charge in [0.05, 0.1) is 4.90 Å².